The molecule has 2 saturated heterocycles. The molecule has 0 bridgehead atoms. The quantitative estimate of drug-likeness (QED) is 0.428. The molecule has 196 valence electrons. The summed E-state index contributed by atoms with van der Waals surface area (Å²) in [5.74, 6) is -1.73. The number of carbonyl (C=O) groups excluding carboxylic acids is 2. The van der Waals surface area contributed by atoms with Crippen molar-refractivity contribution in [2.45, 2.75) is 37.3 Å². The molecule has 3 unspecified atom stereocenters. The summed E-state index contributed by atoms with van der Waals surface area (Å²) in [7, 11) is 0. The predicted octanol–water partition coefficient (Wildman–Crippen LogP) is 1.94. The number of thioether (sulfide) groups is 1. The Balaban J connectivity index is 1.45. The number of likely N-dealkylation sites (N-methyl/N-ethyl adjacent to an activating group) is 1. The standard InChI is InChI=1S/C25H35N5O5S/c1-3-28-10-12-29(13-11-28)22(31)17-35-20-7-5-6-19(15-20)27-9-8-21-24(32)30(4-2)23(36-21)14-18(16-26)25(33)34/h5-7,15,18,21,23,27H,3-4,8-14,17H2,1-2H3,(H,33,34). The Morgan fingerprint density at radius 2 is 2.00 bits per heavy atom. The number of nitriles is 1. The maximum absolute atomic E-state index is 12.8. The van der Waals surface area contributed by atoms with Crippen molar-refractivity contribution in [3.8, 4) is 11.8 Å². The van der Waals surface area contributed by atoms with Crippen LogP contribution < -0.4 is 10.1 Å². The van der Waals surface area contributed by atoms with E-state index in [1.807, 2.05) is 42.2 Å². The van der Waals surface area contributed by atoms with Gasteiger partial charge in [-0.1, -0.05) is 13.0 Å². The summed E-state index contributed by atoms with van der Waals surface area (Å²) in [6, 6.07) is 9.19. The van der Waals surface area contributed by atoms with Gasteiger partial charge < -0.3 is 29.9 Å². The minimum atomic E-state index is -1.16. The van der Waals surface area contributed by atoms with Gasteiger partial charge in [0.1, 0.15) is 11.7 Å². The number of benzene rings is 1. The van der Waals surface area contributed by atoms with Gasteiger partial charge in [0.25, 0.3) is 5.91 Å². The molecule has 0 radical (unpaired) electrons. The predicted molar refractivity (Wildman–Crippen MR) is 138 cm³/mol. The average Bonchev–Trinajstić information content (AvgIpc) is 3.19. The van der Waals surface area contributed by atoms with Crippen molar-refractivity contribution in [2.24, 2.45) is 5.92 Å². The molecule has 2 N–H and O–H groups in total. The number of piperazine rings is 1. The van der Waals surface area contributed by atoms with Crippen molar-refractivity contribution in [3.63, 3.8) is 0 Å². The van der Waals surface area contributed by atoms with Gasteiger partial charge in [0.05, 0.1) is 16.7 Å². The van der Waals surface area contributed by atoms with Crippen molar-refractivity contribution in [1.82, 2.24) is 14.7 Å². The first-order chi connectivity index (χ1) is 17.4. The number of aliphatic carboxylic acids is 1. The van der Waals surface area contributed by atoms with Crippen LogP contribution in [0.5, 0.6) is 5.75 Å². The van der Waals surface area contributed by atoms with E-state index in [2.05, 4.69) is 17.1 Å². The lowest BCUT2D eigenvalue weighted by atomic mass is 10.1. The summed E-state index contributed by atoms with van der Waals surface area (Å²) in [6.07, 6.45) is 0.681. The number of anilines is 1. The first kappa shape index (κ1) is 27.6. The van der Waals surface area contributed by atoms with E-state index in [0.717, 1.165) is 38.4 Å². The maximum atomic E-state index is 12.8. The summed E-state index contributed by atoms with van der Waals surface area (Å²) < 4.78 is 5.74. The van der Waals surface area contributed by atoms with Crippen molar-refractivity contribution in [1.29, 1.82) is 5.26 Å². The molecule has 1 aromatic rings. The van der Waals surface area contributed by atoms with Crippen LogP contribution in [0.1, 0.15) is 26.7 Å². The van der Waals surface area contributed by atoms with E-state index >= 15 is 0 Å². The second kappa shape index (κ2) is 13.4. The Bertz CT molecular complexity index is 962. The SMILES string of the molecule is CCN1CCN(C(=O)COc2cccc(NCCC3SC(CC(C#N)C(=O)O)N(CC)C3=O)c2)CC1. The number of carbonyl (C=O) groups is 3. The minimum absolute atomic E-state index is 0.00291. The molecule has 3 rings (SSSR count). The second-order valence-electron chi connectivity index (χ2n) is 8.81. The molecule has 2 fully saturated rings. The monoisotopic (exact) mass is 517 g/mol. The first-order valence-electron chi connectivity index (χ1n) is 12.4. The van der Waals surface area contributed by atoms with Crippen molar-refractivity contribution >= 4 is 35.2 Å². The van der Waals surface area contributed by atoms with Crippen LogP contribution in [0.4, 0.5) is 5.69 Å². The third kappa shape index (κ3) is 7.27. The van der Waals surface area contributed by atoms with Crippen molar-refractivity contribution < 1.29 is 24.2 Å². The molecule has 2 aliphatic heterocycles. The fourth-order valence-corrected chi connectivity index (χ4v) is 5.97. The molecule has 1 aromatic carbocycles. The molecule has 2 amide bonds. The molecular weight excluding hydrogens is 482 g/mol. The molecule has 0 aliphatic carbocycles. The number of ether oxygens (including phenoxy) is 1. The summed E-state index contributed by atoms with van der Waals surface area (Å²) >= 11 is 1.43. The number of nitrogens with one attached hydrogen (secondary N) is 1. The van der Waals surface area contributed by atoms with Crippen molar-refractivity contribution in [3.05, 3.63) is 24.3 Å². The van der Waals surface area contributed by atoms with Gasteiger partial charge in [-0.15, -0.1) is 11.8 Å². The Kier molecular flexibility index (Phi) is 10.3. The Labute approximate surface area is 216 Å². The van der Waals surface area contributed by atoms with Gasteiger partial charge in [-0.2, -0.15) is 5.26 Å². The molecule has 3 atom stereocenters. The maximum Gasteiger partial charge on any atom is 0.321 e. The molecular formula is C25H35N5O5S. The molecule has 2 aliphatic rings. The van der Waals surface area contributed by atoms with E-state index < -0.39 is 11.9 Å². The van der Waals surface area contributed by atoms with Crippen molar-refractivity contribution in [2.75, 3.05) is 57.7 Å². The van der Waals surface area contributed by atoms with Crippen LogP contribution in [0.3, 0.4) is 0 Å². The lowest BCUT2D eigenvalue weighted by Crippen LogP contribution is -2.49. The topological polar surface area (TPSA) is 126 Å². The van der Waals surface area contributed by atoms with E-state index in [-0.39, 0.29) is 35.5 Å². The zero-order valence-electron chi connectivity index (χ0n) is 20.9. The normalized spacial score (nSPS) is 21.2. The smallest absolute Gasteiger partial charge is 0.321 e. The van der Waals surface area contributed by atoms with E-state index in [4.69, 9.17) is 10.00 Å². The van der Waals surface area contributed by atoms with E-state index in [9.17, 15) is 19.5 Å². The molecule has 2 heterocycles. The lowest BCUT2D eigenvalue weighted by molar-refractivity contribution is -0.141. The molecule has 0 spiro atoms. The van der Waals surface area contributed by atoms with Gasteiger partial charge >= 0.3 is 5.97 Å². The largest absolute Gasteiger partial charge is 0.484 e. The van der Waals surface area contributed by atoms with Crippen LogP contribution in [-0.2, 0) is 14.4 Å². The summed E-state index contributed by atoms with van der Waals surface area (Å²) in [4.78, 5) is 42.3. The highest BCUT2D eigenvalue weighted by atomic mass is 32.2. The number of amides is 2. The Morgan fingerprint density at radius 3 is 2.64 bits per heavy atom. The van der Waals surface area contributed by atoms with Crippen LogP contribution >= 0.6 is 11.8 Å². The Hall–Kier alpha value is -2.97. The average molecular weight is 518 g/mol. The van der Waals surface area contributed by atoms with Gasteiger partial charge in [0.15, 0.2) is 6.61 Å². The Morgan fingerprint density at radius 1 is 1.25 bits per heavy atom. The molecule has 0 saturated carbocycles. The van der Waals surface area contributed by atoms with E-state index in [0.29, 0.717) is 25.3 Å². The third-order valence-electron chi connectivity index (χ3n) is 6.56. The fraction of sp³-hybridized carbons (Fsp3) is 0.600. The van der Waals surface area contributed by atoms with E-state index in [1.165, 1.54) is 11.8 Å². The van der Waals surface area contributed by atoms with Crippen LogP contribution in [0.15, 0.2) is 24.3 Å². The van der Waals surface area contributed by atoms with Gasteiger partial charge in [-0.05, 0) is 32.0 Å². The lowest BCUT2D eigenvalue weighted by Gasteiger charge is -2.33. The van der Waals surface area contributed by atoms with E-state index in [1.54, 1.807) is 4.90 Å². The molecule has 10 nitrogen and oxygen atoms in total. The van der Waals surface area contributed by atoms with Gasteiger partial charge in [0.2, 0.25) is 5.91 Å². The summed E-state index contributed by atoms with van der Waals surface area (Å²) in [6.45, 7) is 9.21. The highest BCUT2D eigenvalue weighted by molar-refractivity contribution is 8.01. The first-order valence-corrected chi connectivity index (χ1v) is 13.4. The minimum Gasteiger partial charge on any atom is -0.484 e. The second-order valence-corrected chi connectivity index (χ2v) is 10.2. The zero-order valence-corrected chi connectivity index (χ0v) is 21.7. The van der Waals surface area contributed by atoms with Crippen LogP contribution in [-0.4, -0.2) is 101 Å². The number of nitrogens with zero attached hydrogens (tertiary/aromatic N) is 4. The third-order valence-corrected chi connectivity index (χ3v) is 8.09. The number of carboxylic acid groups (broad SMARTS) is 1. The fourth-order valence-electron chi connectivity index (χ4n) is 4.39. The van der Waals surface area contributed by atoms with Gasteiger partial charge in [0, 0.05) is 57.4 Å². The van der Waals surface area contributed by atoms with Crippen LogP contribution in [0, 0.1) is 17.2 Å². The zero-order chi connectivity index (χ0) is 26.1. The van der Waals surface area contributed by atoms with Gasteiger partial charge in [-0.25, -0.2) is 0 Å². The molecule has 11 heteroatoms. The van der Waals surface area contributed by atoms with Gasteiger partial charge in [-0.3, -0.25) is 14.4 Å². The highest BCUT2D eigenvalue weighted by Gasteiger charge is 2.40. The number of hydrogen-bond acceptors (Lipinski definition) is 8. The molecule has 36 heavy (non-hydrogen) atoms. The summed E-state index contributed by atoms with van der Waals surface area (Å²) in [5, 5.41) is 21.0. The molecule has 0 aromatic heterocycles. The number of carboxylic acids is 1. The van der Waals surface area contributed by atoms with Crippen LogP contribution in [0.25, 0.3) is 0 Å². The van der Waals surface area contributed by atoms with Crippen LogP contribution in [0.2, 0.25) is 0 Å². The highest BCUT2D eigenvalue weighted by Crippen LogP contribution is 2.37. The number of hydrogen-bond donors (Lipinski definition) is 2. The number of rotatable bonds is 12. The summed E-state index contributed by atoms with van der Waals surface area (Å²) in [5.41, 5.74) is 0.825.